The molecule has 0 atom stereocenters. The van der Waals surface area contributed by atoms with Crippen molar-refractivity contribution in [3.63, 3.8) is 0 Å². The molecule has 0 saturated heterocycles. The Bertz CT molecular complexity index is 710. The standard InChI is InChI=1S/C10H9N3O4S2/c1-6-2-8(18-9(6)10(14)15)19(16,17)13-7-3-11-5-12-4-7/h2-5,13H,1H3,(H,14,15). The van der Waals surface area contributed by atoms with E-state index in [0.29, 0.717) is 16.9 Å². The Balaban J connectivity index is 2.35. The van der Waals surface area contributed by atoms with Gasteiger partial charge in [0.25, 0.3) is 10.0 Å². The van der Waals surface area contributed by atoms with Gasteiger partial charge in [0.15, 0.2) is 0 Å². The molecule has 100 valence electrons. The Labute approximate surface area is 113 Å². The molecule has 2 heterocycles. The fraction of sp³-hybridized carbons (Fsp3) is 0.100. The number of carboxylic acids is 1. The smallest absolute Gasteiger partial charge is 0.346 e. The third-order valence-corrected chi connectivity index (χ3v) is 5.25. The average molecular weight is 299 g/mol. The Kier molecular flexibility index (Phi) is 3.49. The molecule has 2 N–H and O–H groups in total. The molecule has 9 heteroatoms. The first-order valence-corrected chi connectivity index (χ1v) is 7.31. The minimum atomic E-state index is -3.82. The van der Waals surface area contributed by atoms with E-state index in [4.69, 9.17) is 5.11 Å². The van der Waals surface area contributed by atoms with E-state index in [-0.39, 0.29) is 14.8 Å². The fourth-order valence-corrected chi connectivity index (χ4v) is 3.76. The fourth-order valence-electron chi connectivity index (χ4n) is 1.35. The van der Waals surface area contributed by atoms with Crippen molar-refractivity contribution in [1.29, 1.82) is 0 Å². The van der Waals surface area contributed by atoms with E-state index < -0.39 is 16.0 Å². The van der Waals surface area contributed by atoms with Crippen LogP contribution < -0.4 is 4.72 Å². The summed E-state index contributed by atoms with van der Waals surface area (Å²) in [7, 11) is -3.82. The molecule has 0 saturated carbocycles. The van der Waals surface area contributed by atoms with Crippen LogP contribution in [0.25, 0.3) is 0 Å². The molecule has 0 aromatic carbocycles. The van der Waals surface area contributed by atoms with Crippen LogP contribution in [0.5, 0.6) is 0 Å². The van der Waals surface area contributed by atoms with E-state index in [1.807, 2.05) is 0 Å². The quantitative estimate of drug-likeness (QED) is 0.881. The molecular weight excluding hydrogens is 290 g/mol. The summed E-state index contributed by atoms with van der Waals surface area (Å²) in [5, 5.41) is 8.91. The molecule has 2 aromatic rings. The predicted octanol–water partition coefficient (Wildman–Crippen LogP) is 1.35. The first-order chi connectivity index (χ1) is 8.90. The maximum Gasteiger partial charge on any atom is 0.346 e. The van der Waals surface area contributed by atoms with Gasteiger partial charge in [0.1, 0.15) is 15.4 Å². The number of aromatic nitrogens is 2. The van der Waals surface area contributed by atoms with Gasteiger partial charge < -0.3 is 5.11 Å². The SMILES string of the molecule is Cc1cc(S(=O)(=O)Nc2cncnc2)sc1C(=O)O. The molecule has 0 fully saturated rings. The van der Waals surface area contributed by atoms with Crippen molar-refractivity contribution >= 4 is 33.0 Å². The van der Waals surface area contributed by atoms with Gasteiger partial charge in [-0.15, -0.1) is 11.3 Å². The Hall–Kier alpha value is -2.00. The van der Waals surface area contributed by atoms with Crippen LogP contribution in [0.15, 0.2) is 29.0 Å². The van der Waals surface area contributed by atoms with Crippen LogP contribution in [0.2, 0.25) is 0 Å². The maximum atomic E-state index is 12.0. The summed E-state index contributed by atoms with van der Waals surface area (Å²) in [5.74, 6) is -1.15. The minimum absolute atomic E-state index is 0.00434. The number of aryl methyl sites for hydroxylation is 1. The lowest BCUT2D eigenvalue weighted by Gasteiger charge is -2.04. The molecule has 0 spiro atoms. The van der Waals surface area contributed by atoms with Crippen molar-refractivity contribution in [2.75, 3.05) is 4.72 Å². The molecule has 7 nitrogen and oxygen atoms in total. The topological polar surface area (TPSA) is 109 Å². The number of carbonyl (C=O) groups is 1. The third-order valence-electron chi connectivity index (χ3n) is 2.17. The zero-order valence-corrected chi connectivity index (χ0v) is 11.3. The summed E-state index contributed by atoms with van der Waals surface area (Å²) in [4.78, 5) is 18.3. The van der Waals surface area contributed by atoms with E-state index in [9.17, 15) is 13.2 Å². The number of sulfonamides is 1. The molecule has 2 rings (SSSR count). The summed E-state index contributed by atoms with van der Waals surface area (Å²) >= 11 is 0.703. The van der Waals surface area contributed by atoms with Gasteiger partial charge in [-0.1, -0.05) is 0 Å². The number of aromatic carboxylic acids is 1. The van der Waals surface area contributed by atoms with E-state index in [0.717, 1.165) is 0 Å². The first-order valence-electron chi connectivity index (χ1n) is 5.02. The highest BCUT2D eigenvalue weighted by atomic mass is 32.2. The highest BCUT2D eigenvalue weighted by Gasteiger charge is 2.21. The van der Waals surface area contributed by atoms with Crippen molar-refractivity contribution in [3.8, 4) is 0 Å². The van der Waals surface area contributed by atoms with Crippen LogP contribution in [0.3, 0.4) is 0 Å². The number of hydrogen-bond donors (Lipinski definition) is 2. The van der Waals surface area contributed by atoms with Gasteiger partial charge in [-0.25, -0.2) is 23.2 Å². The lowest BCUT2D eigenvalue weighted by Crippen LogP contribution is -2.11. The van der Waals surface area contributed by atoms with Gasteiger partial charge in [-0.2, -0.15) is 0 Å². The number of nitrogens with zero attached hydrogens (tertiary/aromatic N) is 2. The van der Waals surface area contributed by atoms with Gasteiger partial charge >= 0.3 is 5.97 Å². The zero-order chi connectivity index (χ0) is 14.0. The number of anilines is 1. The molecule has 0 bridgehead atoms. The number of hydrogen-bond acceptors (Lipinski definition) is 6. The molecule has 0 aliphatic carbocycles. The van der Waals surface area contributed by atoms with Gasteiger partial charge in [-0.3, -0.25) is 4.72 Å². The largest absolute Gasteiger partial charge is 0.477 e. The summed E-state index contributed by atoms with van der Waals surface area (Å²) in [6.45, 7) is 1.55. The second kappa shape index (κ2) is 4.94. The summed E-state index contributed by atoms with van der Waals surface area (Å²) in [6, 6.07) is 1.32. The molecule has 19 heavy (non-hydrogen) atoms. The second-order valence-electron chi connectivity index (χ2n) is 3.62. The Morgan fingerprint density at radius 1 is 1.37 bits per heavy atom. The van der Waals surface area contributed by atoms with E-state index in [2.05, 4.69) is 14.7 Å². The lowest BCUT2D eigenvalue weighted by molar-refractivity contribution is 0.0701. The van der Waals surface area contributed by atoms with Crippen LogP contribution in [-0.4, -0.2) is 29.5 Å². The van der Waals surface area contributed by atoms with Crippen molar-refractivity contribution in [3.05, 3.63) is 35.2 Å². The highest BCUT2D eigenvalue weighted by Crippen LogP contribution is 2.27. The molecule has 0 radical (unpaired) electrons. The van der Waals surface area contributed by atoms with Crippen LogP contribution in [0.4, 0.5) is 5.69 Å². The molecule has 0 amide bonds. The predicted molar refractivity (Wildman–Crippen MR) is 68.9 cm³/mol. The number of rotatable bonds is 4. The number of thiophene rings is 1. The van der Waals surface area contributed by atoms with Crippen LogP contribution in [0, 0.1) is 6.92 Å². The minimum Gasteiger partial charge on any atom is -0.477 e. The zero-order valence-electron chi connectivity index (χ0n) is 9.69. The Morgan fingerprint density at radius 2 is 2.00 bits per heavy atom. The monoisotopic (exact) mass is 299 g/mol. The second-order valence-corrected chi connectivity index (χ2v) is 6.58. The normalized spacial score (nSPS) is 11.2. The molecular formula is C10H9N3O4S2. The maximum absolute atomic E-state index is 12.0. The molecule has 0 unspecified atom stereocenters. The number of carboxylic acid groups (broad SMARTS) is 1. The van der Waals surface area contributed by atoms with Crippen molar-refractivity contribution < 1.29 is 18.3 Å². The third kappa shape index (κ3) is 2.88. The first kappa shape index (κ1) is 13.4. The van der Waals surface area contributed by atoms with E-state index in [1.54, 1.807) is 6.92 Å². The van der Waals surface area contributed by atoms with Crippen LogP contribution in [-0.2, 0) is 10.0 Å². The van der Waals surface area contributed by atoms with E-state index >= 15 is 0 Å². The van der Waals surface area contributed by atoms with E-state index in [1.165, 1.54) is 24.8 Å². The van der Waals surface area contributed by atoms with Crippen molar-refractivity contribution in [2.45, 2.75) is 11.1 Å². The Morgan fingerprint density at radius 3 is 2.53 bits per heavy atom. The highest BCUT2D eigenvalue weighted by molar-refractivity contribution is 7.94. The summed E-state index contributed by atoms with van der Waals surface area (Å²) in [6.07, 6.45) is 3.89. The summed E-state index contributed by atoms with van der Waals surface area (Å²) < 4.78 is 26.3. The van der Waals surface area contributed by atoms with Gasteiger partial charge in [0.05, 0.1) is 18.1 Å². The van der Waals surface area contributed by atoms with Crippen molar-refractivity contribution in [2.24, 2.45) is 0 Å². The van der Waals surface area contributed by atoms with Crippen LogP contribution >= 0.6 is 11.3 Å². The van der Waals surface area contributed by atoms with Gasteiger partial charge in [0.2, 0.25) is 0 Å². The molecule has 0 aliphatic rings. The lowest BCUT2D eigenvalue weighted by atomic mass is 10.3. The molecule has 0 aliphatic heterocycles. The van der Waals surface area contributed by atoms with Gasteiger partial charge in [-0.05, 0) is 18.6 Å². The van der Waals surface area contributed by atoms with Gasteiger partial charge in [0, 0.05) is 0 Å². The summed E-state index contributed by atoms with van der Waals surface area (Å²) in [5.41, 5.74) is 0.618. The molecule has 2 aromatic heterocycles. The van der Waals surface area contributed by atoms with Crippen molar-refractivity contribution in [1.82, 2.24) is 9.97 Å². The van der Waals surface area contributed by atoms with Crippen LogP contribution in [0.1, 0.15) is 15.2 Å². The average Bonchev–Trinajstić information content (AvgIpc) is 2.73. The number of nitrogens with one attached hydrogen (secondary N) is 1.